The molecule has 1 heterocycles. The van der Waals surface area contributed by atoms with Gasteiger partial charge in [-0.3, -0.25) is 5.32 Å². The van der Waals surface area contributed by atoms with Crippen LogP contribution in [0.2, 0.25) is 0 Å². The van der Waals surface area contributed by atoms with E-state index in [-0.39, 0.29) is 5.72 Å². The van der Waals surface area contributed by atoms with Gasteiger partial charge in [0.05, 0.1) is 0 Å². The summed E-state index contributed by atoms with van der Waals surface area (Å²) in [6, 6.07) is 0. The lowest BCUT2D eigenvalue weighted by atomic mass is 9.76. The number of hydrogen-bond acceptors (Lipinski definition) is 2. The van der Waals surface area contributed by atoms with Gasteiger partial charge in [-0.25, -0.2) is 0 Å². The highest BCUT2D eigenvalue weighted by molar-refractivity contribution is 5.08. The van der Waals surface area contributed by atoms with E-state index in [9.17, 15) is 0 Å². The third kappa shape index (κ3) is 1.24. The molecule has 0 bridgehead atoms. The van der Waals surface area contributed by atoms with Crippen molar-refractivity contribution in [3.8, 4) is 0 Å². The van der Waals surface area contributed by atoms with Crippen LogP contribution in [0.4, 0.5) is 0 Å². The molecule has 0 amide bonds. The summed E-state index contributed by atoms with van der Waals surface area (Å²) in [5, 5.41) is 3.58. The van der Waals surface area contributed by atoms with Crippen LogP contribution in [-0.4, -0.2) is 18.9 Å². The second kappa shape index (κ2) is 3.67. The highest BCUT2D eigenvalue weighted by atomic mass is 16.5. The first kappa shape index (κ1) is 10.2. The SMILES string of the molecule is C=CCC12CCCC1(NCC)OCC2. The van der Waals surface area contributed by atoms with Crippen molar-refractivity contribution in [3.63, 3.8) is 0 Å². The van der Waals surface area contributed by atoms with Gasteiger partial charge in [0.25, 0.3) is 0 Å². The Morgan fingerprint density at radius 2 is 2.29 bits per heavy atom. The Hall–Kier alpha value is -0.340. The lowest BCUT2D eigenvalue weighted by molar-refractivity contribution is -0.0703. The van der Waals surface area contributed by atoms with Crippen molar-refractivity contribution in [1.29, 1.82) is 0 Å². The van der Waals surface area contributed by atoms with Gasteiger partial charge in [0.15, 0.2) is 0 Å². The second-order valence-corrected chi connectivity index (χ2v) is 4.58. The van der Waals surface area contributed by atoms with Crippen LogP contribution in [-0.2, 0) is 4.74 Å². The topological polar surface area (TPSA) is 21.3 Å². The molecule has 14 heavy (non-hydrogen) atoms. The average Bonchev–Trinajstić information content (AvgIpc) is 2.60. The highest BCUT2D eigenvalue weighted by Crippen LogP contribution is 2.55. The fourth-order valence-electron chi connectivity index (χ4n) is 3.37. The molecule has 2 unspecified atom stereocenters. The van der Waals surface area contributed by atoms with E-state index in [1.165, 1.54) is 25.7 Å². The van der Waals surface area contributed by atoms with E-state index in [4.69, 9.17) is 4.74 Å². The summed E-state index contributed by atoms with van der Waals surface area (Å²) in [7, 11) is 0. The Labute approximate surface area is 86.7 Å². The molecule has 0 radical (unpaired) electrons. The monoisotopic (exact) mass is 195 g/mol. The summed E-state index contributed by atoms with van der Waals surface area (Å²) < 4.78 is 6.00. The number of allylic oxidation sites excluding steroid dienone is 1. The minimum Gasteiger partial charge on any atom is -0.360 e. The third-order valence-corrected chi connectivity index (χ3v) is 3.97. The summed E-state index contributed by atoms with van der Waals surface area (Å²) in [6.45, 7) is 7.96. The van der Waals surface area contributed by atoms with Crippen molar-refractivity contribution in [2.45, 2.75) is 44.8 Å². The van der Waals surface area contributed by atoms with Crippen molar-refractivity contribution in [3.05, 3.63) is 12.7 Å². The maximum Gasteiger partial charge on any atom is 0.125 e. The molecule has 0 spiro atoms. The molecule has 1 aliphatic carbocycles. The molecule has 1 saturated carbocycles. The molecule has 2 rings (SSSR count). The standard InChI is InChI=1S/C12H21NO/c1-3-6-11-7-5-8-12(11,13-4-2)14-10-9-11/h3,13H,1,4-10H2,2H3. The zero-order chi connectivity index (χ0) is 10.1. The van der Waals surface area contributed by atoms with Crippen LogP contribution in [0.25, 0.3) is 0 Å². The molecular formula is C12H21NO. The van der Waals surface area contributed by atoms with Crippen molar-refractivity contribution in [2.75, 3.05) is 13.2 Å². The van der Waals surface area contributed by atoms with Crippen molar-refractivity contribution >= 4 is 0 Å². The van der Waals surface area contributed by atoms with E-state index in [0.717, 1.165) is 19.6 Å². The molecule has 0 aromatic heterocycles. The molecule has 1 saturated heterocycles. The largest absolute Gasteiger partial charge is 0.360 e. The number of nitrogens with one attached hydrogen (secondary N) is 1. The third-order valence-electron chi connectivity index (χ3n) is 3.97. The van der Waals surface area contributed by atoms with Crippen LogP contribution in [0.1, 0.15) is 39.0 Å². The molecule has 0 aromatic rings. The molecule has 2 nitrogen and oxygen atoms in total. The fourth-order valence-corrected chi connectivity index (χ4v) is 3.37. The van der Waals surface area contributed by atoms with Gasteiger partial charge in [-0.05, 0) is 38.6 Å². The van der Waals surface area contributed by atoms with Gasteiger partial charge in [-0.1, -0.05) is 13.0 Å². The molecule has 1 N–H and O–H groups in total. The van der Waals surface area contributed by atoms with Crippen LogP contribution in [0.5, 0.6) is 0 Å². The predicted molar refractivity (Wildman–Crippen MR) is 58.1 cm³/mol. The number of rotatable bonds is 4. The summed E-state index contributed by atoms with van der Waals surface area (Å²) in [4.78, 5) is 0. The average molecular weight is 195 g/mol. The molecule has 1 aliphatic heterocycles. The van der Waals surface area contributed by atoms with Crippen molar-refractivity contribution in [1.82, 2.24) is 5.32 Å². The van der Waals surface area contributed by atoms with Gasteiger partial charge in [0, 0.05) is 12.0 Å². The Morgan fingerprint density at radius 3 is 3.00 bits per heavy atom. The Bertz CT molecular complexity index is 214. The summed E-state index contributed by atoms with van der Waals surface area (Å²) >= 11 is 0. The molecule has 2 fully saturated rings. The van der Waals surface area contributed by atoms with Crippen LogP contribution >= 0.6 is 0 Å². The Balaban J connectivity index is 2.23. The van der Waals surface area contributed by atoms with E-state index in [1.807, 2.05) is 0 Å². The van der Waals surface area contributed by atoms with E-state index in [2.05, 4.69) is 24.9 Å². The lowest BCUT2D eigenvalue weighted by Crippen LogP contribution is -2.52. The van der Waals surface area contributed by atoms with Crippen LogP contribution < -0.4 is 5.32 Å². The predicted octanol–water partition coefficient (Wildman–Crippen LogP) is 2.46. The van der Waals surface area contributed by atoms with Crippen LogP contribution in [0, 0.1) is 5.41 Å². The maximum atomic E-state index is 6.00. The minimum absolute atomic E-state index is 0.0179. The molecule has 80 valence electrons. The Morgan fingerprint density at radius 1 is 1.43 bits per heavy atom. The van der Waals surface area contributed by atoms with Gasteiger partial charge in [-0.15, -0.1) is 6.58 Å². The van der Waals surface area contributed by atoms with Gasteiger partial charge >= 0.3 is 0 Å². The van der Waals surface area contributed by atoms with Crippen LogP contribution in [0.3, 0.4) is 0 Å². The van der Waals surface area contributed by atoms with Gasteiger partial charge in [0.2, 0.25) is 0 Å². The first-order valence-electron chi connectivity index (χ1n) is 5.78. The van der Waals surface area contributed by atoms with Crippen molar-refractivity contribution in [2.24, 2.45) is 5.41 Å². The fraction of sp³-hybridized carbons (Fsp3) is 0.833. The van der Waals surface area contributed by atoms with E-state index in [1.54, 1.807) is 0 Å². The summed E-state index contributed by atoms with van der Waals surface area (Å²) in [5.41, 5.74) is 0.334. The number of hydrogen-bond donors (Lipinski definition) is 1. The van der Waals surface area contributed by atoms with Gasteiger partial charge in [-0.2, -0.15) is 0 Å². The normalized spacial score (nSPS) is 41.2. The molecular weight excluding hydrogens is 174 g/mol. The van der Waals surface area contributed by atoms with Gasteiger partial charge < -0.3 is 4.74 Å². The second-order valence-electron chi connectivity index (χ2n) is 4.58. The maximum absolute atomic E-state index is 6.00. The van der Waals surface area contributed by atoms with Crippen molar-refractivity contribution < 1.29 is 4.74 Å². The minimum atomic E-state index is -0.0179. The molecule has 2 aliphatic rings. The first-order chi connectivity index (χ1) is 6.79. The summed E-state index contributed by atoms with van der Waals surface area (Å²) in [5.74, 6) is 0. The zero-order valence-corrected chi connectivity index (χ0v) is 9.14. The zero-order valence-electron chi connectivity index (χ0n) is 9.14. The number of ether oxygens (including phenoxy) is 1. The quantitative estimate of drug-likeness (QED) is 0.696. The highest BCUT2D eigenvalue weighted by Gasteiger charge is 2.57. The van der Waals surface area contributed by atoms with Crippen LogP contribution in [0.15, 0.2) is 12.7 Å². The molecule has 0 aromatic carbocycles. The van der Waals surface area contributed by atoms with E-state index >= 15 is 0 Å². The van der Waals surface area contributed by atoms with E-state index < -0.39 is 0 Å². The van der Waals surface area contributed by atoms with E-state index in [0.29, 0.717) is 5.41 Å². The molecule has 2 atom stereocenters. The Kier molecular flexibility index (Phi) is 2.67. The lowest BCUT2D eigenvalue weighted by Gasteiger charge is -2.39. The number of fused-ring (bicyclic) bond motifs is 1. The summed E-state index contributed by atoms with van der Waals surface area (Å²) in [6.07, 6.45) is 8.12. The first-order valence-corrected chi connectivity index (χ1v) is 5.78. The van der Waals surface area contributed by atoms with Gasteiger partial charge in [0.1, 0.15) is 5.72 Å². The smallest absolute Gasteiger partial charge is 0.125 e. The molecule has 2 heteroatoms.